The summed E-state index contributed by atoms with van der Waals surface area (Å²) in [4.78, 5) is 10.1. The van der Waals surface area contributed by atoms with Gasteiger partial charge >= 0.3 is 7.82 Å². The Kier molecular flexibility index (Phi) is 5.14. The van der Waals surface area contributed by atoms with E-state index in [-0.39, 0.29) is 18.0 Å². The van der Waals surface area contributed by atoms with Crippen LogP contribution in [0.1, 0.15) is 6.92 Å². The molecule has 0 aliphatic heterocycles. The van der Waals surface area contributed by atoms with Gasteiger partial charge in [-0.1, -0.05) is 18.2 Å². The summed E-state index contributed by atoms with van der Waals surface area (Å²) in [7, 11) is -3.87. The van der Waals surface area contributed by atoms with Gasteiger partial charge in [0, 0.05) is 12.1 Å². The number of nitrogens with zero attached hydrogens (tertiary/aromatic N) is 1. The maximum absolute atomic E-state index is 12.6. The van der Waals surface area contributed by atoms with E-state index in [1.807, 2.05) is 0 Å². The second-order valence-corrected chi connectivity index (χ2v) is 5.63. The number of phosphoric acid groups is 1. The van der Waals surface area contributed by atoms with Gasteiger partial charge in [-0.3, -0.25) is 14.6 Å². The van der Waals surface area contributed by atoms with E-state index < -0.39 is 12.7 Å². The molecule has 0 radical (unpaired) electrons. The molecule has 0 bridgehead atoms. The van der Waals surface area contributed by atoms with Crippen molar-refractivity contribution in [1.29, 1.82) is 0 Å². The van der Waals surface area contributed by atoms with E-state index in [0.717, 1.165) is 0 Å². The van der Waals surface area contributed by atoms with Crippen LogP contribution in [-0.4, -0.2) is 11.5 Å². The summed E-state index contributed by atoms with van der Waals surface area (Å²) in [5.74, 6) is 0.486. The molecule has 7 nitrogen and oxygen atoms in total. The van der Waals surface area contributed by atoms with Gasteiger partial charge in [0.2, 0.25) is 0 Å². The molecule has 1 atom stereocenters. The summed E-state index contributed by atoms with van der Waals surface area (Å²) in [6, 6.07) is 13.6. The van der Waals surface area contributed by atoms with Crippen molar-refractivity contribution >= 4 is 13.5 Å². The molecule has 2 rings (SSSR count). The second kappa shape index (κ2) is 7.06. The lowest BCUT2D eigenvalue weighted by Gasteiger charge is -2.18. The highest BCUT2D eigenvalue weighted by Crippen LogP contribution is 2.49. The van der Waals surface area contributed by atoms with E-state index in [1.165, 1.54) is 24.3 Å². The fraction of sp³-hybridized carbons (Fsp3) is 0.143. The van der Waals surface area contributed by atoms with Crippen LogP contribution in [0.5, 0.6) is 11.5 Å². The maximum atomic E-state index is 12.6. The van der Waals surface area contributed by atoms with Crippen LogP contribution < -0.4 is 9.05 Å². The molecule has 0 heterocycles. The van der Waals surface area contributed by atoms with E-state index in [2.05, 4.69) is 0 Å². The van der Waals surface area contributed by atoms with Crippen LogP contribution in [-0.2, 0) is 9.09 Å². The van der Waals surface area contributed by atoms with Crippen molar-refractivity contribution in [2.24, 2.45) is 0 Å². The maximum Gasteiger partial charge on any atom is 0.587 e. The Hall–Kier alpha value is -2.37. The Morgan fingerprint density at radius 1 is 1.00 bits per heavy atom. The highest BCUT2D eigenvalue weighted by atomic mass is 31.2. The Labute approximate surface area is 127 Å². The summed E-state index contributed by atoms with van der Waals surface area (Å²) in [5, 5.41) is 10.6. The van der Waals surface area contributed by atoms with Gasteiger partial charge in [0.15, 0.2) is 0 Å². The molecule has 0 aromatic heterocycles. The topological polar surface area (TPSA) is 87.9 Å². The minimum absolute atomic E-state index is 0.0948. The number of para-hydroxylation sites is 1. The van der Waals surface area contributed by atoms with Crippen molar-refractivity contribution in [3.8, 4) is 11.5 Å². The number of benzene rings is 2. The van der Waals surface area contributed by atoms with Crippen LogP contribution in [0, 0.1) is 10.1 Å². The molecule has 0 saturated heterocycles. The van der Waals surface area contributed by atoms with Crippen LogP contribution in [0.3, 0.4) is 0 Å². The summed E-state index contributed by atoms with van der Waals surface area (Å²) >= 11 is 0. The number of nitro groups is 1. The zero-order valence-corrected chi connectivity index (χ0v) is 12.6. The van der Waals surface area contributed by atoms with Gasteiger partial charge in [-0.15, -0.1) is 0 Å². The molecular weight excluding hydrogens is 309 g/mol. The number of hydrogen-bond donors (Lipinski definition) is 0. The molecule has 0 aliphatic rings. The molecule has 0 unspecified atom stereocenters. The van der Waals surface area contributed by atoms with Crippen molar-refractivity contribution in [2.45, 2.75) is 6.92 Å². The third kappa shape index (κ3) is 4.31. The third-order valence-corrected chi connectivity index (χ3v) is 3.96. The predicted octanol–water partition coefficient (Wildman–Crippen LogP) is 4.20. The zero-order chi connectivity index (χ0) is 16.0. The average Bonchev–Trinajstić information content (AvgIpc) is 2.48. The molecular formula is C14H14NO6P. The van der Waals surface area contributed by atoms with Gasteiger partial charge in [-0.25, -0.2) is 4.57 Å². The number of non-ortho nitro benzene ring substituents is 1. The second-order valence-electron chi connectivity index (χ2n) is 4.11. The number of phosphoric ester groups is 1. The van der Waals surface area contributed by atoms with E-state index in [1.54, 1.807) is 37.3 Å². The Morgan fingerprint density at radius 2 is 1.55 bits per heavy atom. The third-order valence-electron chi connectivity index (χ3n) is 2.51. The highest BCUT2D eigenvalue weighted by molar-refractivity contribution is 7.49. The van der Waals surface area contributed by atoms with Crippen LogP contribution >= 0.6 is 7.82 Å². The summed E-state index contributed by atoms with van der Waals surface area (Å²) in [5.41, 5.74) is -0.0948. The first-order valence-electron chi connectivity index (χ1n) is 6.46. The first kappa shape index (κ1) is 16.0. The first-order chi connectivity index (χ1) is 10.5. The molecule has 0 aliphatic carbocycles. The van der Waals surface area contributed by atoms with Crippen molar-refractivity contribution in [3.05, 3.63) is 64.7 Å². The molecule has 2 aromatic carbocycles. The molecule has 116 valence electrons. The largest absolute Gasteiger partial charge is 0.587 e. The molecule has 0 fully saturated rings. The van der Waals surface area contributed by atoms with E-state index in [9.17, 15) is 14.7 Å². The lowest BCUT2D eigenvalue weighted by molar-refractivity contribution is -0.384. The summed E-state index contributed by atoms with van der Waals surface area (Å²) in [6.45, 7) is 1.78. The van der Waals surface area contributed by atoms with Crippen LogP contribution in [0.15, 0.2) is 54.6 Å². The Balaban J connectivity index is 2.17. The van der Waals surface area contributed by atoms with Crippen molar-refractivity contribution in [3.63, 3.8) is 0 Å². The number of rotatable bonds is 7. The van der Waals surface area contributed by atoms with Crippen LogP contribution in [0.4, 0.5) is 5.69 Å². The SMILES string of the molecule is CCO[P@@](=O)(Oc1ccccc1)Oc1ccc([N+](=O)[O-])cc1. The van der Waals surface area contributed by atoms with Crippen molar-refractivity contribution < 1.29 is 23.1 Å². The average molecular weight is 323 g/mol. The van der Waals surface area contributed by atoms with Crippen LogP contribution in [0.2, 0.25) is 0 Å². The molecule has 22 heavy (non-hydrogen) atoms. The fourth-order valence-corrected chi connectivity index (χ4v) is 2.82. The number of hydrogen-bond acceptors (Lipinski definition) is 6. The van der Waals surface area contributed by atoms with E-state index in [4.69, 9.17) is 13.6 Å². The summed E-state index contributed by atoms with van der Waals surface area (Å²) < 4.78 is 28.2. The van der Waals surface area contributed by atoms with Gasteiger partial charge in [-0.2, -0.15) is 0 Å². The molecule has 0 saturated carbocycles. The zero-order valence-electron chi connectivity index (χ0n) is 11.7. The normalized spacial score (nSPS) is 13.1. The van der Waals surface area contributed by atoms with Gasteiger partial charge in [0.1, 0.15) is 11.5 Å². The quantitative estimate of drug-likeness (QED) is 0.431. The molecule has 0 amide bonds. The van der Waals surface area contributed by atoms with E-state index in [0.29, 0.717) is 5.75 Å². The summed E-state index contributed by atoms with van der Waals surface area (Å²) in [6.07, 6.45) is 0. The Bertz CT molecular complexity index is 673. The van der Waals surface area contributed by atoms with E-state index >= 15 is 0 Å². The molecule has 0 N–H and O–H groups in total. The number of nitro benzene ring substituents is 1. The van der Waals surface area contributed by atoms with Crippen LogP contribution in [0.25, 0.3) is 0 Å². The minimum atomic E-state index is -3.87. The van der Waals surface area contributed by atoms with Gasteiger partial charge in [0.05, 0.1) is 11.5 Å². The fourth-order valence-electron chi connectivity index (χ4n) is 1.60. The lowest BCUT2D eigenvalue weighted by Crippen LogP contribution is -2.05. The van der Waals surface area contributed by atoms with Crippen molar-refractivity contribution in [1.82, 2.24) is 0 Å². The van der Waals surface area contributed by atoms with Gasteiger partial charge in [0.25, 0.3) is 5.69 Å². The monoisotopic (exact) mass is 323 g/mol. The molecule has 8 heteroatoms. The smallest absolute Gasteiger partial charge is 0.395 e. The van der Waals surface area contributed by atoms with Crippen molar-refractivity contribution in [2.75, 3.05) is 6.61 Å². The lowest BCUT2D eigenvalue weighted by atomic mass is 10.3. The first-order valence-corrected chi connectivity index (χ1v) is 7.92. The predicted molar refractivity (Wildman–Crippen MR) is 80.0 cm³/mol. The Morgan fingerprint density at radius 3 is 2.05 bits per heavy atom. The standard InChI is InChI=1S/C14H14NO6P/c1-2-19-22(18,20-13-6-4-3-5-7-13)21-14-10-8-12(9-11-14)15(16)17/h3-11H,2H2,1H3/t22-/m0/s1. The van der Waals surface area contributed by atoms with Gasteiger partial charge < -0.3 is 9.05 Å². The highest BCUT2D eigenvalue weighted by Gasteiger charge is 2.30. The molecule has 0 spiro atoms. The molecule has 2 aromatic rings. The minimum Gasteiger partial charge on any atom is -0.395 e. The van der Waals surface area contributed by atoms with Gasteiger partial charge in [-0.05, 0) is 31.2 Å².